The van der Waals surface area contributed by atoms with Crippen molar-refractivity contribution in [3.05, 3.63) is 12.3 Å². The van der Waals surface area contributed by atoms with Gasteiger partial charge in [-0.25, -0.2) is 9.78 Å². The summed E-state index contributed by atoms with van der Waals surface area (Å²) in [4.78, 5) is 28.5. The Hall–Kier alpha value is -2.09. The molecule has 2 N–H and O–H groups in total. The Morgan fingerprint density at radius 2 is 2.08 bits per heavy atom. The minimum absolute atomic E-state index is 0.0326. The third-order valence-corrected chi connectivity index (χ3v) is 3.55. The first-order valence-corrected chi connectivity index (χ1v) is 8.29. The van der Waals surface area contributed by atoms with E-state index in [9.17, 15) is 4.79 Å². The Morgan fingerprint density at radius 1 is 1.42 bits per heavy atom. The van der Waals surface area contributed by atoms with Crippen LogP contribution in [0.1, 0.15) is 40.5 Å². The van der Waals surface area contributed by atoms with Gasteiger partial charge in [-0.15, -0.1) is 0 Å². The van der Waals surface area contributed by atoms with E-state index in [4.69, 9.17) is 15.3 Å². The first-order valence-electron chi connectivity index (χ1n) is 8.29. The zero-order valence-electron chi connectivity index (χ0n) is 14.9. The van der Waals surface area contributed by atoms with Gasteiger partial charge in [-0.3, -0.25) is 4.84 Å². The quantitative estimate of drug-likeness (QED) is 0.842. The largest absolute Gasteiger partial charge is 0.442 e. The van der Waals surface area contributed by atoms with Crippen LogP contribution in [-0.4, -0.2) is 52.5 Å². The van der Waals surface area contributed by atoms with Gasteiger partial charge in [0, 0.05) is 25.8 Å². The fraction of sp³-hybridized carbons (Fsp3) is 0.688. The molecule has 0 radical (unpaired) electrons. The van der Waals surface area contributed by atoms with Crippen molar-refractivity contribution in [1.82, 2.24) is 15.0 Å². The summed E-state index contributed by atoms with van der Waals surface area (Å²) in [6.45, 7) is 9.31. The fourth-order valence-electron chi connectivity index (χ4n) is 2.41. The lowest BCUT2D eigenvalue weighted by molar-refractivity contribution is -0.184. The van der Waals surface area contributed by atoms with E-state index in [2.05, 4.69) is 14.9 Å². The van der Waals surface area contributed by atoms with E-state index in [1.807, 2.05) is 27.7 Å². The highest BCUT2D eigenvalue weighted by atomic mass is 16.7. The molecule has 0 saturated carbocycles. The van der Waals surface area contributed by atoms with E-state index in [-0.39, 0.29) is 6.10 Å². The molecular weight excluding hydrogens is 310 g/mol. The van der Waals surface area contributed by atoms with Gasteiger partial charge < -0.3 is 15.4 Å². The van der Waals surface area contributed by atoms with Crippen LogP contribution in [0, 0.1) is 0 Å². The lowest BCUT2D eigenvalue weighted by atomic mass is 10.1. The fourth-order valence-corrected chi connectivity index (χ4v) is 2.41. The van der Waals surface area contributed by atoms with Gasteiger partial charge >= 0.3 is 6.09 Å². The van der Waals surface area contributed by atoms with Crippen molar-refractivity contribution < 1.29 is 14.4 Å². The van der Waals surface area contributed by atoms with E-state index in [1.54, 1.807) is 12.3 Å². The summed E-state index contributed by atoms with van der Waals surface area (Å²) in [5, 5.41) is 1.29. The Balaban J connectivity index is 1.86. The van der Waals surface area contributed by atoms with Gasteiger partial charge in [0.2, 0.25) is 5.95 Å². The van der Waals surface area contributed by atoms with E-state index >= 15 is 0 Å². The molecule has 1 fully saturated rings. The maximum Gasteiger partial charge on any atom is 0.434 e. The van der Waals surface area contributed by atoms with Gasteiger partial charge in [0.05, 0.1) is 6.10 Å². The topological polar surface area (TPSA) is 93.8 Å². The monoisotopic (exact) mass is 337 g/mol. The maximum atomic E-state index is 12.1. The van der Waals surface area contributed by atoms with Gasteiger partial charge in [0.1, 0.15) is 11.4 Å². The highest BCUT2D eigenvalue weighted by Gasteiger charge is 2.27. The normalized spacial score (nSPS) is 16.1. The first-order chi connectivity index (χ1) is 11.3. The number of nitrogen functional groups attached to an aromatic ring is 1. The van der Waals surface area contributed by atoms with Gasteiger partial charge in [0.25, 0.3) is 0 Å². The second-order valence-electron chi connectivity index (χ2n) is 6.75. The maximum absolute atomic E-state index is 12.1. The van der Waals surface area contributed by atoms with Gasteiger partial charge in [0.15, 0.2) is 0 Å². The van der Waals surface area contributed by atoms with Crippen LogP contribution in [0.15, 0.2) is 12.3 Å². The summed E-state index contributed by atoms with van der Waals surface area (Å²) >= 11 is 0. The number of amides is 1. The predicted octanol–water partition coefficient (Wildman–Crippen LogP) is 2.22. The molecule has 1 aromatic heterocycles. The molecule has 1 aliphatic heterocycles. The molecule has 0 spiro atoms. The van der Waals surface area contributed by atoms with Crippen molar-refractivity contribution in [2.45, 2.75) is 52.2 Å². The van der Waals surface area contributed by atoms with Crippen molar-refractivity contribution in [1.29, 1.82) is 0 Å². The van der Waals surface area contributed by atoms with Crippen LogP contribution in [-0.2, 0) is 9.57 Å². The average Bonchev–Trinajstić information content (AvgIpc) is 2.51. The van der Waals surface area contributed by atoms with Gasteiger partial charge in [-0.1, -0.05) is 0 Å². The molecule has 0 unspecified atom stereocenters. The average molecular weight is 337 g/mol. The van der Waals surface area contributed by atoms with Crippen molar-refractivity contribution in [2.24, 2.45) is 0 Å². The molecule has 134 valence electrons. The predicted molar refractivity (Wildman–Crippen MR) is 91.4 cm³/mol. The number of hydroxylamine groups is 2. The third-order valence-electron chi connectivity index (χ3n) is 3.55. The van der Waals surface area contributed by atoms with E-state index in [0.29, 0.717) is 18.3 Å². The summed E-state index contributed by atoms with van der Waals surface area (Å²) in [6, 6.07) is 1.67. The molecule has 1 saturated heterocycles. The summed E-state index contributed by atoms with van der Waals surface area (Å²) in [6.07, 6.45) is 2.72. The van der Waals surface area contributed by atoms with Gasteiger partial charge in [-0.2, -0.15) is 10.0 Å². The SMILES string of the molecule is CCN(OC1CCN(c2nccc(N)n2)CC1)C(=O)OC(C)(C)C. The Morgan fingerprint density at radius 3 is 2.62 bits per heavy atom. The molecule has 8 heteroatoms. The molecule has 1 aliphatic rings. The number of carbonyl (C=O) groups excluding carboxylic acids is 1. The first kappa shape index (κ1) is 18.3. The highest BCUT2D eigenvalue weighted by Crippen LogP contribution is 2.20. The van der Waals surface area contributed by atoms with Crippen LogP contribution < -0.4 is 10.6 Å². The molecule has 0 atom stereocenters. The molecule has 24 heavy (non-hydrogen) atoms. The number of hydrogen-bond donors (Lipinski definition) is 1. The van der Waals surface area contributed by atoms with Crippen molar-refractivity contribution in [3.8, 4) is 0 Å². The molecule has 2 heterocycles. The number of anilines is 2. The molecule has 0 aliphatic carbocycles. The van der Waals surface area contributed by atoms with Crippen LogP contribution in [0.3, 0.4) is 0 Å². The Labute approximate surface area is 142 Å². The van der Waals surface area contributed by atoms with Crippen molar-refractivity contribution >= 4 is 17.9 Å². The van der Waals surface area contributed by atoms with Crippen LogP contribution in [0.25, 0.3) is 0 Å². The number of carbonyl (C=O) groups is 1. The standard InChI is InChI=1S/C16H27N5O3/c1-5-21(15(22)23-16(2,3)4)24-12-7-10-20(11-8-12)14-18-9-6-13(17)19-14/h6,9,12H,5,7-8,10-11H2,1-4H3,(H2,17,18,19). The number of piperidine rings is 1. The summed E-state index contributed by atoms with van der Waals surface area (Å²) < 4.78 is 5.35. The number of ether oxygens (including phenoxy) is 1. The van der Waals surface area contributed by atoms with Crippen LogP contribution >= 0.6 is 0 Å². The van der Waals surface area contributed by atoms with Crippen LogP contribution in [0.2, 0.25) is 0 Å². The van der Waals surface area contributed by atoms with Crippen LogP contribution in [0.5, 0.6) is 0 Å². The van der Waals surface area contributed by atoms with E-state index in [1.165, 1.54) is 5.06 Å². The molecular formula is C16H27N5O3. The molecule has 1 aromatic rings. The molecule has 0 bridgehead atoms. The highest BCUT2D eigenvalue weighted by molar-refractivity contribution is 5.66. The van der Waals surface area contributed by atoms with E-state index < -0.39 is 11.7 Å². The number of hydrogen-bond acceptors (Lipinski definition) is 7. The van der Waals surface area contributed by atoms with Crippen molar-refractivity contribution in [2.75, 3.05) is 30.3 Å². The number of rotatable bonds is 4. The summed E-state index contributed by atoms with van der Waals surface area (Å²) in [5.41, 5.74) is 5.16. The summed E-state index contributed by atoms with van der Waals surface area (Å²) in [7, 11) is 0. The zero-order valence-corrected chi connectivity index (χ0v) is 14.9. The second-order valence-corrected chi connectivity index (χ2v) is 6.75. The molecule has 2 rings (SSSR count). The molecule has 0 aromatic carbocycles. The lowest BCUT2D eigenvalue weighted by Gasteiger charge is -2.34. The number of nitrogens with zero attached hydrogens (tertiary/aromatic N) is 4. The smallest absolute Gasteiger partial charge is 0.434 e. The lowest BCUT2D eigenvalue weighted by Crippen LogP contribution is -2.44. The van der Waals surface area contributed by atoms with Crippen molar-refractivity contribution in [3.63, 3.8) is 0 Å². The Bertz CT molecular complexity index is 553. The third kappa shape index (κ3) is 5.23. The number of aromatic nitrogens is 2. The minimum atomic E-state index is -0.540. The van der Waals surface area contributed by atoms with Gasteiger partial charge in [-0.05, 0) is 46.6 Å². The number of nitrogens with two attached hydrogens (primary N) is 1. The second kappa shape index (κ2) is 7.65. The molecule has 8 nitrogen and oxygen atoms in total. The minimum Gasteiger partial charge on any atom is -0.442 e. The van der Waals surface area contributed by atoms with E-state index in [0.717, 1.165) is 25.9 Å². The summed E-state index contributed by atoms with van der Waals surface area (Å²) in [5.74, 6) is 1.09. The van der Waals surface area contributed by atoms with Crippen LogP contribution in [0.4, 0.5) is 16.6 Å². The zero-order chi connectivity index (χ0) is 17.7. The Kier molecular flexibility index (Phi) is 5.82. The molecule has 1 amide bonds.